The van der Waals surface area contributed by atoms with E-state index < -0.39 is 15.7 Å². The van der Waals surface area contributed by atoms with Crippen LogP contribution in [0.5, 0.6) is 0 Å². The Kier molecular flexibility index (Phi) is 2.22. The average molecular weight is 180 g/mol. The Balaban J connectivity index is 2.59. The molecule has 0 saturated carbocycles. The molecule has 0 spiro atoms. The molecule has 0 aliphatic carbocycles. The van der Waals surface area contributed by atoms with Crippen molar-refractivity contribution in [3.63, 3.8) is 0 Å². The molecule has 0 radical (unpaired) electrons. The zero-order valence-corrected chi connectivity index (χ0v) is 7.48. The summed E-state index contributed by atoms with van der Waals surface area (Å²) in [5, 5.41) is 0. The summed E-state index contributed by atoms with van der Waals surface area (Å²) < 4.78 is 31.2. The van der Waals surface area contributed by atoms with Crippen molar-refractivity contribution >= 4 is 10.1 Å². The maximum absolute atomic E-state index is 10.7. The van der Waals surface area contributed by atoms with Crippen LogP contribution in [-0.4, -0.2) is 33.5 Å². The second kappa shape index (κ2) is 2.73. The van der Waals surface area contributed by atoms with Crippen LogP contribution >= 0.6 is 0 Å². The molecule has 0 unspecified atom stereocenters. The quantitative estimate of drug-likeness (QED) is 0.580. The van der Waals surface area contributed by atoms with Crippen molar-refractivity contribution in [3.05, 3.63) is 0 Å². The fourth-order valence-corrected chi connectivity index (χ4v) is 1.82. The fourth-order valence-electron chi connectivity index (χ4n) is 0.962. The topological polar surface area (TPSA) is 52.6 Å². The van der Waals surface area contributed by atoms with Crippen LogP contribution in [0.1, 0.15) is 13.3 Å². The summed E-state index contributed by atoms with van der Waals surface area (Å²) in [6.07, 6.45) is 1.72. The normalized spacial score (nSPS) is 22.7. The first-order valence-electron chi connectivity index (χ1n) is 3.46. The van der Waals surface area contributed by atoms with Crippen LogP contribution in [0.2, 0.25) is 0 Å². The van der Waals surface area contributed by atoms with Gasteiger partial charge >= 0.3 is 0 Å². The summed E-state index contributed by atoms with van der Waals surface area (Å²) in [6.45, 7) is 2.65. The maximum atomic E-state index is 10.7. The molecule has 1 rings (SSSR count). The number of ether oxygens (including phenoxy) is 1. The van der Waals surface area contributed by atoms with Crippen molar-refractivity contribution in [1.82, 2.24) is 0 Å². The molecule has 5 heteroatoms. The molecule has 0 amide bonds. The Bertz CT molecular complexity index is 221. The molecule has 66 valence electrons. The van der Waals surface area contributed by atoms with Crippen molar-refractivity contribution < 1.29 is 17.3 Å². The lowest BCUT2D eigenvalue weighted by atomic mass is 10.00. The number of hydrogen-bond acceptors (Lipinski definition) is 4. The fraction of sp³-hybridized carbons (Fsp3) is 1.00. The van der Waals surface area contributed by atoms with E-state index in [9.17, 15) is 8.42 Å². The van der Waals surface area contributed by atoms with Crippen molar-refractivity contribution in [2.75, 3.05) is 19.5 Å². The standard InChI is InChI=1S/C6H12O4S/c1-3-6(4-9-5-6)10-11(2,7)8/h3-5H2,1-2H3. The molecule has 1 aliphatic rings. The van der Waals surface area contributed by atoms with Crippen LogP contribution in [0, 0.1) is 0 Å². The first-order chi connectivity index (χ1) is 4.97. The molecule has 1 saturated heterocycles. The minimum Gasteiger partial charge on any atom is -0.375 e. The van der Waals surface area contributed by atoms with Gasteiger partial charge in [-0.1, -0.05) is 6.92 Å². The largest absolute Gasteiger partial charge is 0.375 e. The second-order valence-electron chi connectivity index (χ2n) is 2.82. The highest BCUT2D eigenvalue weighted by Crippen LogP contribution is 2.26. The van der Waals surface area contributed by atoms with Gasteiger partial charge in [0.15, 0.2) is 0 Å². The van der Waals surface area contributed by atoms with Gasteiger partial charge in [0, 0.05) is 0 Å². The van der Waals surface area contributed by atoms with Crippen LogP contribution in [0.3, 0.4) is 0 Å². The van der Waals surface area contributed by atoms with E-state index in [4.69, 9.17) is 8.92 Å². The average Bonchev–Trinajstić information content (AvgIpc) is 1.77. The Morgan fingerprint density at radius 1 is 1.55 bits per heavy atom. The monoisotopic (exact) mass is 180 g/mol. The molecule has 0 aromatic rings. The number of rotatable bonds is 3. The van der Waals surface area contributed by atoms with Gasteiger partial charge in [-0.3, -0.25) is 4.18 Å². The minimum absolute atomic E-state index is 0.385. The van der Waals surface area contributed by atoms with Crippen LogP contribution < -0.4 is 0 Å². The maximum Gasteiger partial charge on any atom is 0.265 e. The van der Waals surface area contributed by atoms with Gasteiger partial charge in [0.25, 0.3) is 10.1 Å². The van der Waals surface area contributed by atoms with E-state index in [-0.39, 0.29) is 0 Å². The van der Waals surface area contributed by atoms with Crippen molar-refractivity contribution in [1.29, 1.82) is 0 Å². The summed E-state index contributed by atoms with van der Waals surface area (Å²) in [7, 11) is -3.33. The van der Waals surface area contributed by atoms with Gasteiger partial charge < -0.3 is 4.74 Å². The van der Waals surface area contributed by atoms with Gasteiger partial charge in [-0.15, -0.1) is 0 Å². The lowest BCUT2D eigenvalue weighted by molar-refractivity contribution is -0.159. The second-order valence-corrected chi connectivity index (χ2v) is 4.39. The first-order valence-corrected chi connectivity index (χ1v) is 5.27. The van der Waals surface area contributed by atoms with Gasteiger partial charge in [-0.2, -0.15) is 8.42 Å². The Hall–Kier alpha value is -0.130. The van der Waals surface area contributed by atoms with Crippen LogP contribution in [0.15, 0.2) is 0 Å². The Morgan fingerprint density at radius 2 is 2.09 bits per heavy atom. The zero-order valence-electron chi connectivity index (χ0n) is 6.66. The third-order valence-electron chi connectivity index (χ3n) is 1.70. The minimum atomic E-state index is -3.33. The number of hydrogen-bond donors (Lipinski definition) is 0. The van der Waals surface area contributed by atoms with Gasteiger partial charge in [-0.25, -0.2) is 0 Å². The Labute approximate surface area is 66.6 Å². The lowest BCUT2D eigenvalue weighted by Crippen LogP contribution is -2.52. The third kappa shape index (κ3) is 2.15. The molecule has 4 nitrogen and oxygen atoms in total. The van der Waals surface area contributed by atoms with E-state index in [2.05, 4.69) is 0 Å². The third-order valence-corrected chi connectivity index (χ3v) is 2.36. The van der Waals surface area contributed by atoms with E-state index in [0.29, 0.717) is 19.6 Å². The molecule has 1 fully saturated rings. The lowest BCUT2D eigenvalue weighted by Gasteiger charge is -2.38. The van der Waals surface area contributed by atoms with Crippen LogP contribution in [0.25, 0.3) is 0 Å². The van der Waals surface area contributed by atoms with Crippen molar-refractivity contribution in [3.8, 4) is 0 Å². The smallest absolute Gasteiger partial charge is 0.265 e. The molecular weight excluding hydrogens is 168 g/mol. The molecule has 11 heavy (non-hydrogen) atoms. The predicted molar refractivity (Wildman–Crippen MR) is 39.8 cm³/mol. The van der Waals surface area contributed by atoms with Crippen molar-refractivity contribution in [2.24, 2.45) is 0 Å². The highest BCUT2D eigenvalue weighted by atomic mass is 32.2. The van der Waals surface area contributed by atoms with E-state index in [1.807, 2.05) is 6.92 Å². The summed E-state index contributed by atoms with van der Waals surface area (Å²) >= 11 is 0. The molecule has 0 aromatic heterocycles. The highest BCUT2D eigenvalue weighted by Gasteiger charge is 2.41. The van der Waals surface area contributed by atoms with E-state index in [1.165, 1.54) is 0 Å². The molecule has 0 atom stereocenters. The first kappa shape index (κ1) is 8.96. The summed E-state index contributed by atoms with van der Waals surface area (Å²) in [5.74, 6) is 0. The molecule has 0 N–H and O–H groups in total. The van der Waals surface area contributed by atoms with Gasteiger partial charge in [0.1, 0.15) is 5.60 Å². The predicted octanol–water partition coefficient (Wildman–Crippen LogP) is 0.142. The summed E-state index contributed by atoms with van der Waals surface area (Å²) in [6, 6.07) is 0. The SMILES string of the molecule is CCC1(OS(C)(=O)=O)COC1. The van der Waals surface area contributed by atoms with E-state index in [1.54, 1.807) is 0 Å². The molecular formula is C6H12O4S. The van der Waals surface area contributed by atoms with Gasteiger partial charge in [0.05, 0.1) is 19.5 Å². The molecule has 0 aromatic carbocycles. The van der Waals surface area contributed by atoms with Crippen LogP contribution in [-0.2, 0) is 19.0 Å². The van der Waals surface area contributed by atoms with Crippen molar-refractivity contribution in [2.45, 2.75) is 18.9 Å². The van der Waals surface area contributed by atoms with Crippen LogP contribution in [0.4, 0.5) is 0 Å². The Morgan fingerprint density at radius 3 is 2.18 bits per heavy atom. The zero-order chi connectivity index (χ0) is 8.54. The van der Waals surface area contributed by atoms with E-state index in [0.717, 1.165) is 6.26 Å². The molecule has 0 bridgehead atoms. The van der Waals surface area contributed by atoms with Gasteiger partial charge in [-0.05, 0) is 6.42 Å². The van der Waals surface area contributed by atoms with E-state index >= 15 is 0 Å². The molecule has 1 heterocycles. The summed E-state index contributed by atoms with van der Waals surface area (Å²) in [5.41, 5.74) is -0.562. The summed E-state index contributed by atoms with van der Waals surface area (Å²) in [4.78, 5) is 0. The highest BCUT2D eigenvalue weighted by molar-refractivity contribution is 7.86. The van der Waals surface area contributed by atoms with Gasteiger partial charge in [0.2, 0.25) is 0 Å². The molecule has 1 aliphatic heterocycles.